The Balaban J connectivity index is 2.38. The number of benzene rings is 1. The first-order valence-electron chi connectivity index (χ1n) is 5.13. The minimum absolute atomic E-state index is 0.0204. The third-order valence-corrected chi connectivity index (χ3v) is 3.19. The second-order valence-electron chi connectivity index (χ2n) is 4.05. The molecule has 1 fully saturated rings. The summed E-state index contributed by atoms with van der Waals surface area (Å²) in [7, 11) is 0. The minimum atomic E-state index is -0.828. The normalized spacial score (nSPS) is 20.1. The van der Waals surface area contributed by atoms with E-state index in [0.29, 0.717) is 18.5 Å². The molecule has 0 aromatic heterocycles. The summed E-state index contributed by atoms with van der Waals surface area (Å²) >= 11 is 5.67. The van der Waals surface area contributed by atoms with Crippen LogP contribution in [0.15, 0.2) is 12.1 Å². The smallest absolute Gasteiger partial charge is 0.227 e. The molecule has 0 bridgehead atoms. The van der Waals surface area contributed by atoms with Crippen LogP contribution in [0.5, 0.6) is 0 Å². The van der Waals surface area contributed by atoms with Crippen LogP contribution in [-0.2, 0) is 4.79 Å². The van der Waals surface area contributed by atoms with Gasteiger partial charge in [-0.15, -0.1) is 11.6 Å². The Morgan fingerprint density at radius 3 is 2.71 bits per heavy atom. The van der Waals surface area contributed by atoms with Gasteiger partial charge in [-0.2, -0.15) is 0 Å². The third kappa shape index (κ3) is 2.20. The second-order valence-corrected chi connectivity index (χ2v) is 4.36. The van der Waals surface area contributed by atoms with E-state index in [1.807, 2.05) is 0 Å². The maximum absolute atomic E-state index is 13.6. The van der Waals surface area contributed by atoms with Crippen molar-refractivity contribution in [1.82, 2.24) is 0 Å². The van der Waals surface area contributed by atoms with Gasteiger partial charge in [-0.3, -0.25) is 4.79 Å². The van der Waals surface area contributed by atoms with Crippen LogP contribution in [0.25, 0.3) is 0 Å². The Hall–Kier alpha value is -1.36. The fourth-order valence-electron chi connectivity index (χ4n) is 1.97. The molecule has 6 heteroatoms. The number of alkyl halides is 1. The molecule has 2 rings (SSSR count). The van der Waals surface area contributed by atoms with Gasteiger partial charge in [-0.25, -0.2) is 8.78 Å². The van der Waals surface area contributed by atoms with Gasteiger partial charge in [0, 0.05) is 24.9 Å². The largest absolute Gasteiger partial charge is 0.397 e. The molecule has 0 radical (unpaired) electrons. The van der Waals surface area contributed by atoms with Gasteiger partial charge in [0.2, 0.25) is 5.91 Å². The molecule has 1 atom stereocenters. The van der Waals surface area contributed by atoms with E-state index in [4.69, 9.17) is 17.3 Å². The predicted octanol–water partition coefficient (Wildman–Crippen LogP) is 2.14. The molecule has 1 aliphatic rings. The molecule has 1 amide bonds. The molecule has 0 aliphatic carbocycles. The Bertz CT molecular complexity index is 444. The molecular weight excluding hydrogens is 250 g/mol. The van der Waals surface area contributed by atoms with Gasteiger partial charge in [0.15, 0.2) is 5.82 Å². The fourth-order valence-corrected chi connectivity index (χ4v) is 2.18. The average Bonchev–Trinajstić information content (AvgIpc) is 2.59. The minimum Gasteiger partial charge on any atom is -0.397 e. The van der Waals surface area contributed by atoms with Crippen molar-refractivity contribution in [2.24, 2.45) is 5.92 Å². The Kier molecular flexibility index (Phi) is 3.19. The number of carbonyl (C=O) groups is 1. The van der Waals surface area contributed by atoms with Crippen molar-refractivity contribution in [2.45, 2.75) is 6.42 Å². The zero-order valence-corrected chi connectivity index (χ0v) is 9.68. The number of amides is 1. The highest BCUT2D eigenvalue weighted by Gasteiger charge is 2.32. The first kappa shape index (κ1) is 12.1. The predicted molar refractivity (Wildman–Crippen MR) is 62.0 cm³/mol. The van der Waals surface area contributed by atoms with Gasteiger partial charge < -0.3 is 10.6 Å². The van der Waals surface area contributed by atoms with Crippen LogP contribution in [0, 0.1) is 17.6 Å². The van der Waals surface area contributed by atoms with Crippen LogP contribution in [0.3, 0.4) is 0 Å². The lowest BCUT2D eigenvalue weighted by molar-refractivity contribution is -0.117. The molecule has 1 saturated heterocycles. The van der Waals surface area contributed by atoms with Crippen LogP contribution >= 0.6 is 11.6 Å². The average molecular weight is 261 g/mol. The maximum atomic E-state index is 13.6. The summed E-state index contributed by atoms with van der Waals surface area (Å²) < 4.78 is 26.5. The van der Waals surface area contributed by atoms with E-state index in [0.717, 1.165) is 6.07 Å². The van der Waals surface area contributed by atoms with E-state index < -0.39 is 11.6 Å². The SMILES string of the molecule is Nc1cc(F)cc(F)c1N1CC(CCl)CC1=O. The highest BCUT2D eigenvalue weighted by atomic mass is 35.5. The first-order chi connectivity index (χ1) is 8.02. The second kappa shape index (κ2) is 4.49. The van der Waals surface area contributed by atoms with Crippen molar-refractivity contribution in [3.63, 3.8) is 0 Å². The highest BCUT2D eigenvalue weighted by molar-refractivity contribution is 6.18. The van der Waals surface area contributed by atoms with Crippen molar-refractivity contribution in [1.29, 1.82) is 0 Å². The van der Waals surface area contributed by atoms with Gasteiger partial charge in [0.25, 0.3) is 0 Å². The quantitative estimate of drug-likeness (QED) is 0.654. The number of nitrogen functional groups attached to an aromatic ring is 1. The van der Waals surface area contributed by atoms with Crippen LogP contribution in [-0.4, -0.2) is 18.3 Å². The first-order valence-corrected chi connectivity index (χ1v) is 5.67. The molecular formula is C11H11ClF2N2O. The van der Waals surface area contributed by atoms with Crippen LogP contribution in [0.1, 0.15) is 6.42 Å². The number of rotatable bonds is 2. The third-order valence-electron chi connectivity index (χ3n) is 2.75. The number of anilines is 2. The molecule has 92 valence electrons. The summed E-state index contributed by atoms with van der Waals surface area (Å²) in [5, 5.41) is 0. The van der Waals surface area contributed by atoms with Crippen molar-refractivity contribution < 1.29 is 13.6 Å². The molecule has 1 aromatic carbocycles. The summed E-state index contributed by atoms with van der Waals surface area (Å²) in [6.45, 7) is 0.315. The summed E-state index contributed by atoms with van der Waals surface area (Å²) in [6.07, 6.45) is 0.264. The fraction of sp³-hybridized carbons (Fsp3) is 0.364. The van der Waals surface area contributed by atoms with Gasteiger partial charge in [0.05, 0.1) is 5.69 Å². The van der Waals surface area contributed by atoms with Gasteiger partial charge >= 0.3 is 0 Å². The Labute approximate surface area is 102 Å². The van der Waals surface area contributed by atoms with Crippen molar-refractivity contribution in [3.05, 3.63) is 23.8 Å². The maximum Gasteiger partial charge on any atom is 0.227 e. The van der Waals surface area contributed by atoms with E-state index in [1.54, 1.807) is 0 Å². The molecule has 1 heterocycles. The zero-order valence-electron chi connectivity index (χ0n) is 8.92. The summed E-state index contributed by atoms with van der Waals surface area (Å²) in [5.41, 5.74) is 5.41. The van der Waals surface area contributed by atoms with Crippen LogP contribution in [0.4, 0.5) is 20.2 Å². The lowest BCUT2D eigenvalue weighted by Gasteiger charge is -2.19. The Morgan fingerprint density at radius 2 is 2.18 bits per heavy atom. The number of nitrogens with zero attached hydrogens (tertiary/aromatic N) is 1. The van der Waals surface area contributed by atoms with Crippen LogP contribution in [0.2, 0.25) is 0 Å². The molecule has 0 spiro atoms. The number of carbonyl (C=O) groups excluding carboxylic acids is 1. The molecule has 2 N–H and O–H groups in total. The standard InChI is InChI=1S/C11H11ClF2N2O/c12-4-6-1-10(17)16(5-6)11-8(14)2-7(13)3-9(11)15/h2-3,6H,1,4-5,15H2. The number of halogens is 3. The summed E-state index contributed by atoms with van der Waals surface area (Å²) in [6, 6.07) is 1.71. The van der Waals surface area contributed by atoms with Crippen molar-refractivity contribution in [2.75, 3.05) is 23.1 Å². The Morgan fingerprint density at radius 1 is 1.47 bits per heavy atom. The summed E-state index contributed by atoms with van der Waals surface area (Å²) in [4.78, 5) is 12.9. The number of hydrogen-bond acceptors (Lipinski definition) is 2. The number of hydrogen-bond donors (Lipinski definition) is 1. The molecule has 17 heavy (non-hydrogen) atoms. The van der Waals surface area contributed by atoms with E-state index in [2.05, 4.69) is 0 Å². The van der Waals surface area contributed by atoms with Crippen molar-refractivity contribution >= 4 is 28.9 Å². The monoisotopic (exact) mass is 260 g/mol. The lowest BCUT2D eigenvalue weighted by Crippen LogP contribution is -2.26. The van der Waals surface area contributed by atoms with E-state index in [9.17, 15) is 13.6 Å². The van der Waals surface area contributed by atoms with Crippen molar-refractivity contribution in [3.8, 4) is 0 Å². The molecule has 0 saturated carbocycles. The highest BCUT2D eigenvalue weighted by Crippen LogP contribution is 2.33. The topological polar surface area (TPSA) is 46.3 Å². The van der Waals surface area contributed by atoms with E-state index in [1.165, 1.54) is 4.90 Å². The van der Waals surface area contributed by atoms with E-state index >= 15 is 0 Å². The van der Waals surface area contributed by atoms with Gasteiger partial charge in [-0.1, -0.05) is 0 Å². The molecule has 1 aliphatic heterocycles. The molecule has 1 aromatic rings. The number of nitrogens with two attached hydrogens (primary N) is 1. The van der Waals surface area contributed by atoms with Gasteiger partial charge in [0.1, 0.15) is 11.5 Å². The van der Waals surface area contributed by atoms with Crippen LogP contribution < -0.4 is 10.6 Å². The van der Waals surface area contributed by atoms with E-state index in [-0.39, 0.29) is 29.6 Å². The zero-order chi connectivity index (χ0) is 12.6. The van der Waals surface area contributed by atoms with Gasteiger partial charge in [-0.05, 0) is 12.0 Å². The summed E-state index contributed by atoms with van der Waals surface area (Å²) in [5.74, 6) is -1.53. The molecule has 1 unspecified atom stereocenters. The molecule has 3 nitrogen and oxygen atoms in total. The lowest BCUT2D eigenvalue weighted by atomic mass is 10.1.